The SMILES string of the molecule is O=Cc1ccccc1C1=C(C(=O)C2CC2)CCCCCC1. The van der Waals surface area contributed by atoms with E-state index in [1.165, 1.54) is 12.8 Å². The summed E-state index contributed by atoms with van der Waals surface area (Å²) in [6.45, 7) is 0. The molecule has 1 fully saturated rings. The van der Waals surface area contributed by atoms with Gasteiger partial charge in [-0.15, -0.1) is 0 Å². The Balaban J connectivity index is 2.07. The highest BCUT2D eigenvalue weighted by atomic mass is 16.1. The van der Waals surface area contributed by atoms with Crippen LogP contribution in [0.3, 0.4) is 0 Å². The van der Waals surface area contributed by atoms with Gasteiger partial charge in [0.25, 0.3) is 0 Å². The van der Waals surface area contributed by atoms with E-state index in [9.17, 15) is 9.59 Å². The van der Waals surface area contributed by atoms with Crippen molar-refractivity contribution >= 4 is 17.6 Å². The van der Waals surface area contributed by atoms with Crippen molar-refractivity contribution in [1.82, 2.24) is 0 Å². The number of hydrogen-bond acceptors (Lipinski definition) is 2. The van der Waals surface area contributed by atoms with E-state index >= 15 is 0 Å². The maximum absolute atomic E-state index is 12.7. The molecular weight excluding hydrogens is 260 g/mol. The fraction of sp³-hybridized carbons (Fsp3) is 0.474. The Bertz CT molecular complexity index is 579. The molecule has 2 heteroatoms. The van der Waals surface area contributed by atoms with Crippen LogP contribution < -0.4 is 0 Å². The number of carbonyl (C=O) groups excluding carboxylic acids is 2. The zero-order valence-corrected chi connectivity index (χ0v) is 12.4. The Morgan fingerprint density at radius 2 is 1.71 bits per heavy atom. The third kappa shape index (κ3) is 3.15. The molecule has 0 aromatic heterocycles. The van der Waals surface area contributed by atoms with Gasteiger partial charge in [0.15, 0.2) is 12.1 Å². The molecule has 0 atom stereocenters. The van der Waals surface area contributed by atoms with Gasteiger partial charge in [0.05, 0.1) is 0 Å². The monoisotopic (exact) mass is 282 g/mol. The number of carbonyl (C=O) groups is 2. The first-order valence-electron chi connectivity index (χ1n) is 8.12. The van der Waals surface area contributed by atoms with E-state index in [4.69, 9.17) is 0 Å². The molecule has 0 N–H and O–H groups in total. The predicted octanol–water partition coefficient (Wildman–Crippen LogP) is 4.59. The lowest BCUT2D eigenvalue weighted by Gasteiger charge is -2.19. The number of rotatable bonds is 4. The van der Waals surface area contributed by atoms with Gasteiger partial charge in [-0.25, -0.2) is 0 Å². The number of benzene rings is 1. The van der Waals surface area contributed by atoms with Crippen molar-refractivity contribution < 1.29 is 9.59 Å². The standard InChI is InChI=1S/C19H22O2/c20-13-15-7-5-6-8-16(15)17-9-3-1-2-4-10-18(17)19(21)14-11-12-14/h5-8,13-14H,1-4,9-12H2. The normalized spacial score (nSPS) is 19.8. The molecule has 0 amide bonds. The molecule has 0 bridgehead atoms. The molecule has 0 radical (unpaired) electrons. The molecule has 0 heterocycles. The second-order valence-corrected chi connectivity index (χ2v) is 6.21. The summed E-state index contributed by atoms with van der Waals surface area (Å²) in [5, 5.41) is 0. The first-order chi connectivity index (χ1) is 10.3. The molecule has 0 saturated heterocycles. The van der Waals surface area contributed by atoms with Crippen molar-refractivity contribution in [1.29, 1.82) is 0 Å². The number of allylic oxidation sites excluding steroid dienone is 2. The quantitative estimate of drug-likeness (QED) is 0.757. The van der Waals surface area contributed by atoms with E-state index in [1.54, 1.807) is 0 Å². The summed E-state index contributed by atoms with van der Waals surface area (Å²) in [5.74, 6) is 0.616. The van der Waals surface area contributed by atoms with Crippen LogP contribution in [-0.4, -0.2) is 12.1 Å². The predicted molar refractivity (Wildman–Crippen MR) is 84.2 cm³/mol. The molecule has 0 aliphatic heterocycles. The second kappa shape index (κ2) is 6.38. The summed E-state index contributed by atoms with van der Waals surface area (Å²) >= 11 is 0. The van der Waals surface area contributed by atoms with Crippen LogP contribution in [0.15, 0.2) is 29.8 Å². The van der Waals surface area contributed by atoms with Gasteiger partial charge < -0.3 is 0 Å². The molecule has 1 saturated carbocycles. The van der Waals surface area contributed by atoms with Gasteiger partial charge in [0, 0.05) is 11.5 Å². The first-order valence-corrected chi connectivity index (χ1v) is 8.12. The summed E-state index contributed by atoms with van der Waals surface area (Å²) in [4.78, 5) is 24.0. The minimum absolute atomic E-state index is 0.262. The molecule has 0 unspecified atom stereocenters. The van der Waals surface area contributed by atoms with Crippen molar-refractivity contribution in [2.45, 2.75) is 51.4 Å². The Labute approximate surface area is 126 Å². The van der Waals surface area contributed by atoms with Crippen LogP contribution in [-0.2, 0) is 4.79 Å². The van der Waals surface area contributed by atoms with Crippen LogP contribution in [0.25, 0.3) is 5.57 Å². The van der Waals surface area contributed by atoms with Gasteiger partial charge in [-0.2, -0.15) is 0 Å². The molecule has 2 aliphatic carbocycles. The van der Waals surface area contributed by atoms with Crippen molar-refractivity contribution in [3.63, 3.8) is 0 Å². The van der Waals surface area contributed by atoms with E-state index in [1.807, 2.05) is 24.3 Å². The number of hydrogen-bond donors (Lipinski definition) is 0. The Hall–Kier alpha value is -1.70. The second-order valence-electron chi connectivity index (χ2n) is 6.21. The van der Waals surface area contributed by atoms with E-state index in [0.717, 1.165) is 61.5 Å². The maximum atomic E-state index is 12.7. The molecule has 1 aromatic carbocycles. The lowest BCUT2D eigenvalue weighted by Crippen LogP contribution is -2.10. The summed E-state index contributed by atoms with van der Waals surface area (Å²) < 4.78 is 0. The van der Waals surface area contributed by atoms with Gasteiger partial charge in [0.2, 0.25) is 0 Å². The van der Waals surface area contributed by atoms with Gasteiger partial charge in [-0.3, -0.25) is 9.59 Å². The van der Waals surface area contributed by atoms with Crippen LogP contribution in [0.4, 0.5) is 0 Å². The van der Waals surface area contributed by atoms with Crippen LogP contribution >= 0.6 is 0 Å². The summed E-state index contributed by atoms with van der Waals surface area (Å²) in [6.07, 6.45) is 9.47. The number of ketones is 1. The van der Waals surface area contributed by atoms with Crippen molar-refractivity contribution in [3.05, 3.63) is 41.0 Å². The molecule has 3 rings (SSSR count). The van der Waals surface area contributed by atoms with Crippen LogP contribution in [0.1, 0.15) is 67.3 Å². The third-order valence-corrected chi connectivity index (χ3v) is 4.63. The lowest BCUT2D eigenvalue weighted by atomic mass is 9.84. The highest BCUT2D eigenvalue weighted by Gasteiger charge is 2.33. The van der Waals surface area contributed by atoms with Crippen molar-refractivity contribution in [2.24, 2.45) is 5.92 Å². The topological polar surface area (TPSA) is 34.1 Å². The Kier molecular flexibility index (Phi) is 4.33. The summed E-state index contributed by atoms with van der Waals surface area (Å²) in [7, 11) is 0. The van der Waals surface area contributed by atoms with Crippen LogP contribution in [0, 0.1) is 5.92 Å². The number of Topliss-reactive ketones (excluding diaryl/α,β-unsaturated/α-hetero) is 1. The minimum Gasteiger partial charge on any atom is -0.298 e. The van der Waals surface area contributed by atoms with Crippen molar-refractivity contribution in [3.8, 4) is 0 Å². The largest absolute Gasteiger partial charge is 0.298 e. The van der Waals surface area contributed by atoms with Gasteiger partial charge in [0.1, 0.15) is 0 Å². The van der Waals surface area contributed by atoms with Gasteiger partial charge in [-0.1, -0.05) is 37.1 Å². The Morgan fingerprint density at radius 1 is 1.00 bits per heavy atom. The molecule has 2 nitrogen and oxygen atoms in total. The van der Waals surface area contributed by atoms with E-state index < -0.39 is 0 Å². The smallest absolute Gasteiger partial charge is 0.162 e. The third-order valence-electron chi connectivity index (χ3n) is 4.63. The highest BCUT2D eigenvalue weighted by molar-refractivity contribution is 6.06. The lowest BCUT2D eigenvalue weighted by molar-refractivity contribution is -0.116. The van der Waals surface area contributed by atoms with Gasteiger partial charge in [-0.05, 0) is 55.2 Å². The summed E-state index contributed by atoms with van der Waals surface area (Å²) in [5.41, 5.74) is 3.87. The Morgan fingerprint density at radius 3 is 2.43 bits per heavy atom. The zero-order chi connectivity index (χ0) is 14.7. The maximum Gasteiger partial charge on any atom is 0.162 e. The van der Waals surface area contributed by atoms with E-state index in [2.05, 4.69) is 0 Å². The highest BCUT2D eigenvalue weighted by Crippen LogP contribution is 2.39. The van der Waals surface area contributed by atoms with E-state index in [0.29, 0.717) is 11.3 Å². The molecule has 2 aliphatic rings. The minimum atomic E-state index is 0.262. The van der Waals surface area contributed by atoms with E-state index in [-0.39, 0.29) is 5.92 Å². The molecular formula is C19H22O2. The molecule has 0 spiro atoms. The number of aldehydes is 1. The molecule has 1 aromatic rings. The molecule has 21 heavy (non-hydrogen) atoms. The average Bonchev–Trinajstić information content (AvgIpc) is 3.31. The fourth-order valence-corrected chi connectivity index (χ4v) is 3.29. The van der Waals surface area contributed by atoms with Gasteiger partial charge >= 0.3 is 0 Å². The first kappa shape index (κ1) is 14.2. The fourth-order valence-electron chi connectivity index (χ4n) is 3.29. The zero-order valence-electron chi connectivity index (χ0n) is 12.4. The summed E-state index contributed by atoms with van der Waals surface area (Å²) in [6, 6.07) is 7.71. The van der Waals surface area contributed by atoms with Crippen LogP contribution in [0.5, 0.6) is 0 Å². The van der Waals surface area contributed by atoms with Crippen LogP contribution in [0.2, 0.25) is 0 Å². The van der Waals surface area contributed by atoms with Crippen molar-refractivity contribution in [2.75, 3.05) is 0 Å². The molecule has 110 valence electrons. The average molecular weight is 282 g/mol.